The predicted octanol–water partition coefficient (Wildman–Crippen LogP) is 0.581. The topological polar surface area (TPSA) is 132 Å². The normalized spacial score (nSPS) is 10.4. The number of esters is 1. The highest BCUT2D eigenvalue weighted by atomic mass is 16.5. The maximum Gasteiger partial charge on any atom is 0.343 e. The number of amides is 1. The van der Waals surface area contributed by atoms with Crippen molar-refractivity contribution in [1.29, 1.82) is 0 Å². The molecule has 0 unspecified atom stereocenters. The monoisotopic (exact) mass is 360 g/mol. The molecule has 0 aliphatic carbocycles. The molecule has 0 aliphatic rings. The Morgan fingerprint density at radius 2 is 1.92 bits per heavy atom. The van der Waals surface area contributed by atoms with Crippen molar-refractivity contribution in [2.45, 2.75) is 20.4 Å². The lowest BCUT2D eigenvalue weighted by Crippen LogP contribution is -2.24. The third-order valence-corrected chi connectivity index (χ3v) is 3.39. The third-order valence-electron chi connectivity index (χ3n) is 3.39. The van der Waals surface area contributed by atoms with E-state index in [1.807, 2.05) is 0 Å². The van der Waals surface area contributed by atoms with E-state index in [0.29, 0.717) is 0 Å². The number of nitrogens with one attached hydrogen (secondary N) is 1. The third kappa shape index (κ3) is 3.94. The molecular formula is C17H16N2O7. The maximum atomic E-state index is 12.7. The summed E-state index contributed by atoms with van der Waals surface area (Å²) in [4.78, 5) is 59.5. The molecule has 9 nitrogen and oxygen atoms in total. The van der Waals surface area contributed by atoms with Gasteiger partial charge in [0, 0.05) is 18.8 Å². The average molecular weight is 360 g/mol. The van der Waals surface area contributed by atoms with Crippen LogP contribution in [0.5, 0.6) is 0 Å². The lowest BCUT2D eigenvalue weighted by atomic mass is 10.1. The summed E-state index contributed by atoms with van der Waals surface area (Å²) in [5.74, 6) is -2.62. The van der Waals surface area contributed by atoms with E-state index in [1.54, 1.807) is 6.92 Å². The zero-order chi connectivity index (χ0) is 19.4. The van der Waals surface area contributed by atoms with Gasteiger partial charge in [-0.1, -0.05) is 0 Å². The van der Waals surface area contributed by atoms with Gasteiger partial charge in [-0.25, -0.2) is 4.79 Å². The number of carbonyl (C=O) groups is 3. The Hall–Kier alpha value is -3.49. The van der Waals surface area contributed by atoms with E-state index in [0.717, 1.165) is 16.8 Å². The highest BCUT2D eigenvalue weighted by Crippen LogP contribution is 2.14. The minimum absolute atomic E-state index is 0.0156. The molecule has 0 atom stereocenters. The zero-order valence-electron chi connectivity index (χ0n) is 14.1. The molecule has 2 rings (SSSR count). The highest BCUT2D eigenvalue weighted by Gasteiger charge is 2.19. The minimum Gasteiger partial charge on any atom is -0.480 e. The number of pyridine rings is 1. The number of carboxylic acid groups (broad SMARTS) is 1. The number of hydrogen-bond donors (Lipinski definition) is 2. The number of aliphatic carboxylic acids is 1. The molecule has 0 radical (unpaired) electrons. The molecule has 26 heavy (non-hydrogen) atoms. The van der Waals surface area contributed by atoms with Gasteiger partial charge in [0.1, 0.15) is 17.6 Å². The lowest BCUT2D eigenvalue weighted by Gasteiger charge is -2.09. The summed E-state index contributed by atoms with van der Waals surface area (Å²) in [6.45, 7) is 2.18. The van der Waals surface area contributed by atoms with E-state index in [-0.39, 0.29) is 23.2 Å². The summed E-state index contributed by atoms with van der Waals surface area (Å²) < 4.78 is 5.82. The Balaban J connectivity index is 2.94. The van der Waals surface area contributed by atoms with Gasteiger partial charge in [-0.15, -0.1) is 0 Å². The molecule has 0 saturated carbocycles. The van der Waals surface area contributed by atoms with Gasteiger partial charge in [0.05, 0.1) is 12.0 Å². The van der Waals surface area contributed by atoms with Crippen LogP contribution in [-0.4, -0.2) is 34.1 Å². The molecule has 0 saturated heterocycles. The number of nitrogens with zero attached hydrogens (tertiary/aromatic N) is 1. The summed E-state index contributed by atoms with van der Waals surface area (Å²) in [5, 5.41) is 11.3. The number of rotatable bonds is 5. The molecule has 0 fully saturated rings. The lowest BCUT2D eigenvalue weighted by molar-refractivity contribution is -0.137. The standard InChI is InChI=1S/C17H16N2O7/c1-3-26-17(25)12-7-19(8-14(22)23)15-11(16(12)24)6-10(18-9(2)20)4-5-13(15)21/h4-7H,3,8H2,1-2H3,(H,18,20)(H,22,23). The highest BCUT2D eigenvalue weighted by molar-refractivity contribution is 5.96. The van der Waals surface area contributed by atoms with Gasteiger partial charge < -0.3 is 19.7 Å². The molecule has 1 amide bonds. The number of anilines is 1. The van der Waals surface area contributed by atoms with Crippen LogP contribution >= 0.6 is 0 Å². The van der Waals surface area contributed by atoms with Gasteiger partial charge in [0.25, 0.3) is 0 Å². The second-order valence-corrected chi connectivity index (χ2v) is 5.35. The molecule has 2 aromatic rings. The SMILES string of the molecule is CCOC(=O)c1cn(CC(=O)O)c2c(=O)ccc(NC(C)=O)cc2c1=O. The van der Waals surface area contributed by atoms with Gasteiger partial charge in [0.15, 0.2) is 0 Å². The fourth-order valence-corrected chi connectivity index (χ4v) is 2.45. The molecule has 0 spiro atoms. The van der Waals surface area contributed by atoms with E-state index in [1.165, 1.54) is 19.1 Å². The van der Waals surface area contributed by atoms with Crippen LogP contribution in [0.25, 0.3) is 10.9 Å². The number of hydrogen-bond acceptors (Lipinski definition) is 6. The first-order valence-electron chi connectivity index (χ1n) is 7.62. The van der Waals surface area contributed by atoms with E-state index in [9.17, 15) is 24.0 Å². The van der Waals surface area contributed by atoms with E-state index in [4.69, 9.17) is 9.84 Å². The molecule has 2 N–H and O–H groups in total. The average Bonchev–Trinajstić information content (AvgIpc) is 2.69. The van der Waals surface area contributed by atoms with Crippen LogP contribution in [0.2, 0.25) is 0 Å². The first-order valence-corrected chi connectivity index (χ1v) is 7.62. The Labute approximate surface area is 146 Å². The molecule has 0 bridgehead atoms. The summed E-state index contributed by atoms with van der Waals surface area (Å²) in [7, 11) is 0. The van der Waals surface area contributed by atoms with Gasteiger partial charge in [0.2, 0.25) is 16.8 Å². The summed E-state index contributed by atoms with van der Waals surface area (Å²) in [6, 6.07) is 3.62. The van der Waals surface area contributed by atoms with Crippen molar-refractivity contribution < 1.29 is 24.2 Å². The Morgan fingerprint density at radius 1 is 1.23 bits per heavy atom. The van der Waals surface area contributed by atoms with Crippen molar-refractivity contribution in [3.8, 4) is 0 Å². The van der Waals surface area contributed by atoms with Crippen LogP contribution in [0.4, 0.5) is 5.69 Å². The first-order chi connectivity index (χ1) is 12.2. The first kappa shape index (κ1) is 18.8. The fraction of sp³-hybridized carbons (Fsp3) is 0.235. The predicted molar refractivity (Wildman–Crippen MR) is 92.4 cm³/mol. The second-order valence-electron chi connectivity index (χ2n) is 5.35. The van der Waals surface area contributed by atoms with Gasteiger partial charge >= 0.3 is 11.9 Å². The van der Waals surface area contributed by atoms with Crippen molar-refractivity contribution >= 4 is 34.4 Å². The van der Waals surface area contributed by atoms with Crippen molar-refractivity contribution in [2.24, 2.45) is 0 Å². The molecule has 1 aromatic heterocycles. The number of aromatic nitrogens is 1. The molecule has 9 heteroatoms. The number of carbonyl (C=O) groups excluding carboxylic acids is 2. The van der Waals surface area contributed by atoms with Crippen LogP contribution < -0.4 is 16.2 Å². The largest absolute Gasteiger partial charge is 0.480 e. The summed E-state index contributed by atoms with van der Waals surface area (Å²) in [6.07, 6.45) is 0.996. The quantitative estimate of drug-likeness (QED) is 0.746. The van der Waals surface area contributed by atoms with Gasteiger partial charge in [-0.2, -0.15) is 0 Å². The molecular weight excluding hydrogens is 344 g/mol. The van der Waals surface area contributed by atoms with Crippen molar-refractivity contribution in [2.75, 3.05) is 11.9 Å². The smallest absolute Gasteiger partial charge is 0.343 e. The minimum atomic E-state index is -1.27. The van der Waals surface area contributed by atoms with Gasteiger partial charge in [-0.05, 0) is 25.1 Å². The van der Waals surface area contributed by atoms with Crippen LogP contribution in [0.1, 0.15) is 24.2 Å². The van der Waals surface area contributed by atoms with E-state index >= 15 is 0 Å². The summed E-state index contributed by atoms with van der Waals surface area (Å²) in [5.41, 5.74) is -1.86. The van der Waals surface area contributed by atoms with Crippen molar-refractivity contribution in [3.05, 3.63) is 50.4 Å². The number of carboxylic acids is 1. The second kappa shape index (κ2) is 7.60. The molecule has 0 aliphatic heterocycles. The van der Waals surface area contributed by atoms with Crippen LogP contribution in [0, 0.1) is 0 Å². The fourth-order valence-electron chi connectivity index (χ4n) is 2.45. The Kier molecular flexibility index (Phi) is 5.51. The molecule has 1 aromatic carbocycles. The Bertz CT molecular complexity index is 1020. The molecule has 1 heterocycles. The van der Waals surface area contributed by atoms with Crippen molar-refractivity contribution in [3.63, 3.8) is 0 Å². The zero-order valence-corrected chi connectivity index (χ0v) is 14.1. The molecule has 136 valence electrons. The van der Waals surface area contributed by atoms with Gasteiger partial charge in [-0.3, -0.25) is 19.2 Å². The van der Waals surface area contributed by atoms with Crippen LogP contribution in [0.3, 0.4) is 0 Å². The number of fused-ring (bicyclic) bond motifs is 1. The summed E-state index contributed by atoms with van der Waals surface area (Å²) >= 11 is 0. The Morgan fingerprint density at radius 3 is 2.50 bits per heavy atom. The van der Waals surface area contributed by atoms with Crippen LogP contribution in [-0.2, 0) is 20.9 Å². The maximum absolute atomic E-state index is 12.7. The van der Waals surface area contributed by atoms with Crippen molar-refractivity contribution in [1.82, 2.24) is 4.57 Å². The van der Waals surface area contributed by atoms with E-state index < -0.39 is 40.8 Å². The van der Waals surface area contributed by atoms with Crippen LogP contribution in [0.15, 0.2) is 34.0 Å². The van der Waals surface area contributed by atoms with E-state index in [2.05, 4.69) is 5.32 Å². The number of ether oxygens (including phenoxy) is 1.